The van der Waals surface area contributed by atoms with Crippen LogP contribution in [0.25, 0.3) is 22.2 Å². The molecule has 0 spiro atoms. The van der Waals surface area contributed by atoms with E-state index in [0.29, 0.717) is 17.4 Å². The standard InChI is InChI=1S/C18H14N4O/c23-18-15-10-14(16-8-9-20-21-16)6-7-17(15)19-12-22(18)11-13-4-2-1-3-5-13/h1-10,12H,11H2,(H,20,21). The summed E-state index contributed by atoms with van der Waals surface area (Å²) in [6.07, 6.45) is 3.30. The maximum absolute atomic E-state index is 12.8. The summed E-state index contributed by atoms with van der Waals surface area (Å²) in [5, 5.41) is 7.47. The number of aromatic nitrogens is 4. The zero-order chi connectivity index (χ0) is 15.6. The monoisotopic (exact) mass is 302 g/mol. The van der Waals surface area contributed by atoms with Crippen molar-refractivity contribution in [2.75, 3.05) is 0 Å². The maximum Gasteiger partial charge on any atom is 0.261 e. The van der Waals surface area contributed by atoms with Gasteiger partial charge in [0.25, 0.3) is 5.56 Å². The molecule has 0 amide bonds. The van der Waals surface area contributed by atoms with Crippen molar-refractivity contribution in [3.63, 3.8) is 0 Å². The fraction of sp³-hybridized carbons (Fsp3) is 0.0556. The topological polar surface area (TPSA) is 63.6 Å². The Balaban J connectivity index is 1.82. The summed E-state index contributed by atoms with van der Waals surface area (Å²) in [6, 6.07) is 17.4. The molecule has 0 radical (unpaired) electrons. The normalized spacial score (nSPS) is 11.0. The van der Waals surface area contributed by atoms with Gasteiger partial charge < -0.3 is 0 Å². The largest absolute Gasteiger partial charge is 0.294 e. The number of nitrogens with zero attached hydrogens (tertiary/aromatic N) is 3. The molecule has 0 aliphatic carbocycles. The maximum atomic E-state index is 12.8. The molecule has 0 fully saturated rings. The Bertz CT molecular complexity index is 1000. The Kier molecular flexibility index (Phi) is 3.24. The molecular formula is C18H14N4O. The number of hydrogen-bond acceptors (Lipinski definition) is 3. The lowest BCUT2D eigenvalue weighted by Crippen LogP contribution is -2.21. The van der Waals surface area contributed by atoms with Crippen molar-refractivity contribution in [2.45, 2.75) is 6.54 Å². The van der Waals surface area contributed by atoms with E-state index in [4.69, 9.17) is 0 Å². The highest BCUT2D eigenvalue weighted by Crippen LogP contribution is 2.19. The molecular weight excluding hydrogens is 288 g/mol. The molecule has 0 bridgehead atoms. The first-order chi connectivity index (χ1) is 11.3. The van der Waals surface area contributed by atoms with E-state index in [1.165, 1.54) is 0 Å². The quantitative estimate of drug-likeness (QED) is 0.633. The summed E-state index contributed by atoms with van der Waals surface area (Å²) in [4.78, 5) is 17.1. The van der Waals surface area contributed by atoms with Crippen LogP contribution >= 0.6 is 0 Å². The molecule has 0 aliphatic rings. The Morgan fingerprint density at radius 1 is 1.04 bits per heavy atom. The fourth-order valence-electron chi connectivity index (χ4n) is 2.64. The molecule has 4 aromatic rings. The van der Waals surface area contributed by atoms with Crippen LogP contribution in [-0.4, -0.2) is 19.7 Å². The molecule has 2 heterocycles. The molecule has 0 unspecified atom stereocenters. The van der Waals surface area contributed by atoms with Gasteiger partial charge in [0.05, 0.1) is 29.5 Å². The highest BCUT2D eigenvalue weighted by atomic mass is 16.1. The van der Waals surface area contributed by atoms with E-state index in [1.807, 2.05) is 54.6 Å². The first kappa shape index (κ1) is 13.5. The van der Waals surface area contributed by atoms with Gasteiger partial charge in [0.15, 0.2) is 0 Å². The minimum absolute atomic E-state index is 0.0415. The molecule has 23 heavy (non-hydrogen) atoms. The average molecular weight is 302 g/mol. The summed E-state index contributed by atoms with van der Waals surface area (Å²) in [5.41, 5.74) is 3.53. The Labute approximate surface area is 132 Å². The van der Waals surface area contributed by atoms with Gasteiger partial charge in [-0.05, 0) is 23.8 Å². The van der Waals surface area contributed by atoms with Crippen molar-refractivity contribution in [1.29, 1.82) is 0 Å². The first-order valence-electron chi connectivity index (χ1n) is 7.34. The number of H-pyrrole nitrogens is 1. The molecule has 4 rings (SSSR count). The van der Waals surface area contributed by atoms with E-state index in [9.17, 15) is 4.79 Å². The van der Waals surface area contributed by atoms with Crippen molar-refractivity contribution in [3.8, 4) is 11.3 Å². The van der Waals surface area contributed by atoms with Crippen LogP contribution in [0.2, 0.25) is 0 Å². The molecule has 5 heteroatoms. The van der Waals surface area contributed by atoms with Crippen LogP contribution in [0.4, 0.5) is 0 Å². The summed E-state index contributed by atoms with van der Waals surface area (Å²) in [7, 11) is 0. The van der Waals surface area contributed by atoms with E-state index in [-0.39, 0.29) is 5.56 Å². The number of fused-ring (bicyclic) bond motifs is 1. The number of aromatic amines is 1. The van der Waals surface area contributed by atoms with Crippen LogP contribution in [0.3, 0.4) is 0 Å². The SMILES string of the molecule is O=c1c2cc(-c3ccn[nH]3)ccc2ncn1Cc1ccccc1. The van der Waals surface area contributed by atoms with Crippen molar-refractivity contribution in [3.05, 3.63) is 83.0 Å². The van der Waals surface area contributed by atoms with Gasteiger partial charge in [0.1, 0.15) is 0 Å². The predicted octanol–water partition coefficient (Wildman–Crippen LogP) is 2.83. The minimum atomic E-state index is -0.0415. The smallest absolute Gasteiger partial charge is 0.261 e. The lowest BCUT2D eigenvalue weighted by molar-refractivity contribution is 0.748. The molecule has 0 saturated heterocycles. The summed E-state index contributed by atoms with van der Waals surface area (Å²) in [6.45, 7) is 0.511. The summed E-state index contributed by atoms with van der Waals surface area (Å²) >= 11 is 0. The second-order valence-corrected chi connectivity index (χ2v) is 5.37. The van der Waals surface area contributed by atoms with Crippen LogP contribution < -0.4 is 5.56 Å². The van der Waals surface area contributed by atoms with Crippen LogP contribution in [0.1, 0.15) is 5.56 Å². The van der Waals surface area contributed by atoms with Crippen LogP contribution in [0.5, 0.6) is 0 Å². The van der Waals surface area contributed by atoms with Gasteiger partial charge >= 0.3 is 0 Å². The number of benzene rings is 2. The van der Waals surface area contributed by atoms with Crippen molar-refractivity contribution < 1.29 is 0 Å². The molecule has 2 aromatic carbocycles. The van der Waals surface area contributed by atoms with Gasteiger partial charge in [-0.3, -0.25) is 14.5 Å². The molecule has 0 aliphatic heterocycles. The van der Waals surface area contributed by atoms with Crippen molar-refractivity contribution in [1.82, 2.24) is 19.7 Å². The molecule has 5 nitrogen and oxygen atoms in total. The van der Waals surface area contributed by atoms with Crippen molar-refractivity contribution in [2.24, 2.45) is 0 Å². The summed E-state index contributed by atoms with van der Waals surface area (Å²) < 4.78 is 1.63. The van der Waals surface area contributed by atoms with Gasteiger partial charge in [0, 0.05) is 11.8 Å². The Morgan fingerprint density at radius 2 is 1.91 bits per heavy atom. The van der Waals surface area contributed by atoms with Gasteiger partial charge in [-0.15, -0.1) is 0 Å². The third kappa shape index (κ3) is 2.53. The number of rotatable bonds is 3. The highest BCUT2D eigenvalue weighted by molar-refractivity contribution is 5.82. The molecule has 0 atom stereocenters. The minimum Gasteiger partial charge on any atom is -0.294 e. The Morgan fingerprint density at radius 3 is 2.70 bits per heavy atom. The number of nitrogens with one attached hydrogen (secondary N) is 1. The molecule has 1 N–H and O–H groups in total. The zero-order valence-corrected chi connectivity index (χ0v) is 12.3. The van der Waals surface area contributed by atoms with Crippen LogP contribution in [0.15, 0.2) is 71.9 Å². The van der Waals surface area contributed by atoms with E-state index in [1.54, 1.807) is 17.1 Å². The predicted molar refractivity (Wildman–Crippen MR) is 89.1 cm³/mol. The first-order valence-corrected chi connectivity index (χ1v) is 7.34. The van der Waals surface area contributed by atoms with E-state index < -0.39 is 0 Å². The van der Waals surface area contributed by atoms with Gasteiger partial charge in [-0.25, -0.2) is 4.98 Å². The molecule has 112 valence electrons. The lowest BCUT2D eigenvalue weighted by atomic mass is 10.1. The van der Waals surface area contributed by atoms with E-state index >= 15 is 0 Å². The Hall–Kier alpha value is -3.21. The van der Waals surface area contributed by atoms with Crippen molar-refractivity contribution >= 4 is 10.9 Å². The number of hydrogen-bond donors (Lipinski definition) is 1. The van der Waals surface area contributed by atoms with Gasteiger partial charge in [0.2, 0.25) is 0 Å². The van der Waals surface area contributed by atoms with Crippen LogP contribution in [0, 0.1) is 0 Å². The fourth-order valence-corrected chi connectivity index (χ4v) is 2.64. The summed E-state index contributed by atoms with van der Waals surface area (Å²) in [5.74, 6) is 0. The zero-order valence-electron chi connectivity index (χ0n) is 12.3. The third-order valence-electron chi connectivity index (χ3n) is 3.83. The second-order valence-electron chi connectivity index (χ2n) is 5.37. The molecule has 0 saturated carbocycles. The molecule has 2 aromatic heterocycles. The van der Waals surface area contributed by atoms with E-state index in [2.05, 4.69) is 15.2 Å². The van der Waals surface area contributed by atoms with Crippen LogP contribution in [-0.2, 0) is 6.54 Å². The average Bonchev–Trinajstić information content (AvgIpc) is 3.13. The highest BCUT2D eigenvalue weighted by Gasteiger charge is 2.07. The second kappa shape index (κ2) is 5.53. The van der Waals surface area contributed by atoms with Gasteiger partial charge in [-0.1, -0.05) is 36.4 Å². The third-order valence-corrected chi connectivity index (χ3v) is 3.83. The van der Waals surface area contributed by atoms with Gasteiger partial charge in [-0.2, -0.15) is 5.10 Å². The lowest BCUT2D eigenvalue weighted by Gasteiger charge is -2.07. The van der Waals surface area contributed by atoms with E-state index in [0.717, 1.165) is 16.8 Å².